The first-order valence-electron chi connectivity index (χ1n) is 3.45. The van der Waals surface area contributed by atoms with Gasteiger partial charge in [-0.1, -0.05) is 0 Å². The first kappa shape index (κ1) is 9.98. The topological polar surface area (TPSA) is 64.9 Å². The third-order valence-corrected chi connectivity index (χ3v) is 1.84. The minimum atomic E-state index is -2.67. The summed E-state index contributed by atoms with van der Waals surface area (Å²) in [7, 11) is 0. The van der Waals surface area contributed by atoms with E-state index < -0.39 is 12.1 Å². The van der Waals surface area contributed by atoms with Gasteiger partial charge in [-0.3, -0.25) is 0 Å². The number of nitrogen functional groups attached to an aromatic ring is 2. The first-order valence-corrected chi connectivity index (χ1v) is 3.98. The highest BCUT2D eigenvalue weighted by molar-refractivity contribution is 6.17. The van der Waals surface area contributed by atoms with Crippen molar-refractivity contribution >= 4 is 23.1 Å². The van der Waals surface area contributed by atoms with Crippen molar-refractivity contribution < 1.29 is 8.78 Å². The Balaban J connectivity index is 3.20. The summed E-state index contributed by atoms with van der Waals surface area (Å²) in [6, 6.07) is 1.08. The number of aromatic nitrogens is 1. The van der Waals surface area contributed by atoms with Crippen molar-refractivity contribution in [2.24, 2.45) is 0 Å². The van der Waals surface area contributed by atoms with E-state index in [0.717, 1.165) is 6.07 Å². The van der Waals surface area contributed by atoms with Crippen LogP contribution in [-0.2, 0) is 5.88 Å². The summed E-state index contributed by atoms with van der Waals surface area (Å²) in [5, 5.41) is 0. The Bertz CT molecular complexity index is 294. The third-order valence-electron chi connectivity index (χ3n) is 1.57. The minimum Gasteiger partial charge on any atom is -0.398 e. The van der Waals surface area contributed by atoms with Gasteiger partial charge in [0.2, 0.25) is 0 Å². The van der Waals surface area contributed by atoms with Crippen molar-refractivity contribution in [3.05, 3.63) is 17.3 Å². The van der Waals surface area contributed by atoms with E-state index in [0.29, 0.717) is 5.56 Å². The molecule has 0 aliphatic rings. The third kappa shape index (κ3) is 1.98. The van der Waals surface area contributed by atoms with E-state index in [1.54, 1.807) is 0 Å². The predicted octanol–water partition coefficient (Wildman–Crippen LogP) is 1.92. The molecule has 0 radical (unpaired) electrons. The highest BCUT2D eigenvalue weighted by Crippen LogP contribution is 2.25. The van der Waals surface area contributed by atoms with Gasteiger partial charge in [-0.15, -0.1) is 11.6 Å². The quantitative estimate of drug-likeness (QED) is 0.729. The number of halogens is 3. The van der Waals surface area contributed by atoms with E-state index in [-0.39, 0.29) is 17.4 Å². The van der Waals surface area contributed by atoms with Crippen LogP contribution in [0.4, 0.5) is 20.3 Å². The molecule has 6 heteroatoms. The second-order valence-electron chi connectivity index (χ2n) is 2.43. The fourth-order valence-electron chi connectivity index (χ4n) is 0.891. The fraction of sp³-hybridized carbons (Fsp3) is 0.286. The largest absolute Gasteiger partial charge is 0.398 e. The molecule has 0 aromatic carbocycles. The lowest BCUT2D eigenvalue weighted by Crippen LogP contribution is -2.04. The van der Waals surface area contributed by atoms with E-state index in [9.17, 15) is 8.78 Å². The molecule has 4 N–H and O–H groups in total. The van der Waals surface area contributed by atoms with Crippen molar-refractivity contribution in [2.75, 3.05) is 11.5 Å². The molecule has 0 aliphatic heterocycles. The monoisotopic (exact) mass is 207 g/mol. The Morgan fingerprint density at radius 2 is 2.08 bits per heavy atom. The highest BCUT2D eigenvalue weighted by atomic mass is 35.5. The average Bonchev–Trinajstić information content (AvgIpc) is 2.03. The van der Waals surface area contributed by atoms with Crippen molar-refractivity contribution in [2.45, 2.75) is 12.3 Å². The van der Waals surface area contributed by atoms with Gasteiger partial charge in [0.05, 0.1) is 5.88 Å². The van der Waals surface area contributed by atoms with Crippen LogP contribution in [0, 0.1) is 0 Å². The first-order chi connectivity index (χ1) is 6.06. The van der Waals surface area contributed by atoms with E-state index in [2.05, 4.69) is 4.98 Å². The standard InChI is InChI=1S/C7H8ClF2N3/c8-2-3-4(11)1-5(6(9)10)13-7(3)12/h1,6H,2H2,(H4,11,12,13). The van der Waals surface area contributed by atoms with Gasteiger partial charge in [0.1, 0.15) is 11.5 Å². The molecule has 72 valence electrons. The molecule has 13 heavy (non-hydrogen) atoms. The van der Waals surface area contributed by atoms with E-state index in [4.69, 9.17) is 23.1 Å². The number of anilines is 2. The van der Waals surface area contributed by atoms with Crippen LogP contribution in [-0.4, -0.2) is 4.98 Å². The number of nitrogens with two attached hydrogens (primary N) is 2. The Hall–Kier alpha value is -1.10. The van der Waals surface area contributed by atoms with Gasteiger partial charge in [-0.05, 0) is 6.07 Å². The molecule has 1 heterocycles. The zero-order valence-corrected chi connectivity index (χ0v) is 7.35. The molecule has 1 rings (SSSR count). The summed E-state index contributed by atoms with van der Waals surface area (Å²) in [6.45, 7) is 0. The smallest absolute Gasteiger partial charge is 0.280 e. The Kier molecular flexibility index (Phi) is 2.87. The molecule has 3 nitrogen and oxygen atoms in total. The number of rotatable bonds is 2. The summed E-state index contributed by atoms with van der Waals surface area (Å²) in [5.41, 5.74) is 10.9. The molecule has 0 amide bonds. The van der Waals surface area contributed by atoms with Crippen molar-refractivity contribution in [3.8, 4) is 0 Å². The lowest BCUT2D eigenvalue weighted by atomic mass is 10.2. The van der Waals surface area contributed by atoms with Crippen molar-refractivity contribution in [3.63, 3.8) is 0 Å². The maximum absolute atomic E-state index is 12.2. The minimum absolute atomic E-state index is 0.0368. The van der Waals surface area contributed by atoms with Crippen molar-refractivity contribution in [1.82, 2.24) is 4.98 Å². The van der Waals surface area contributed by atoms with Crippen LogP contribution in [0.2, 0.25) is 0 Å². The zero-order chi connectivity index (χ0) is 10.0. The fourth-order valence-corrected chi connectivity index (χ4v) is 1.18. The van der Waals surface area contributed by atoms with Crippen LogP contribution in [0.3, 0.4) is 0 Å². The maximum Gasteiger partial charge on any atom is 0.280 e. The predicted molar refractivity (Wildman–Crippen MR) is 47.6 cm³/mol. The lowest BCUT2D eigenvalue weighted by Gasteiger charge is -2.07. The summed E-state index contributed by atoms with van der Waals surface area (Å²) >= 11 is 5.48. The summed E-state index contributed by atoms with van der Waals surface area (Å²) in [4.78, 5) is 3.47. The normalized spacial score (nSPS) is 10.8. The Morgan fingerprint density at radius 3 is 2.46 bits per heavy atom. The lowest BCUT2D eigenvalue weighted by molar-refractivity contribution is 0.146. The molecular formula is C7H8ClF2N3. The molecule has 0 spiro atoms. The summed E-state index contributed by atoms with van der Waals surface area (Å²) < 4.78 is 24.3. The number of nitrogens with zero attached hydrogens (tertiary/aromatic N) is 1. The zero-order valence-electron chi connectivity index (χ0n) is 6.60. The molecule has 1 aromatic heterocycles. The number of pyridine rings is 1. The van der Waals surface area contributed by atoms with Crippen LogP contribution in [0.25, 0.3) is 0 Å². The Labute approximate surface area is 78.7 Å². The molecule has 0 saturated heterocycles. The second-order valence-corrected chi connectivity index (χ2v) is 2.70. The van der Waals surface area contributed by atoms with Crippen LogP contribution < -0.4 is 11.5 Å². The SMILES string of the molecule is Nc1cc(C(F)F)nc(N)c1CCl. The maximum atomic E-state index is 12.2. The van der Waals surface area contributed by atoms with Crippen LogP contribution >= 0.6 is 11.6 Å². The van der Waals surface area contributed by atoms with Gasteiger partial charge in [0.15, 0.2) is 0 Å². The highest BCUT2D eigenvalue weighted by Gasteiger charge is 2.13. The van der Waals surface area contributed by atoms with E-state index >= 15 is 0 Å². The van der Waals surface area contributed by atoms with Gasteiger partial charge >= 0.3 is 0 Å². The summed E-state index contributed by atoms with van der Waals surface area (Å²) in [6.07, 6.45) is -2.67. The second kappa shape index (κ2) is 3.74. The average molecular weight is 208 g/mol. The van der Waals surface area contributed by atoms with Crippen LogP contribution in [0.5, 0.6) is 0 Å². The van der Waals surface area contributed by atoms with E-state index in [1.807, 2.05) is 0 Å². The van der Waals surface area contributed by atoms with Crippen molar-refractivity contribution in [1.29, 1.82) is 0 Å². The molecule has 0 bridgehead atoms. The van der Waals surface area contributed by atoms with Gasteiger partial charge in [0, 0.05) is 11.3 Å². The number of hydrogen-bond donors (Lipinski definition) is 2. The van der Waals surface area contributed by atoms with Gasteiger partial charge in [-0.25, -0.2) is 13.8 Å². The Morgan fingerprint density at radius 1 is 1.46 bits per heavy atom. The number of hydrogen-bond acceptors (Lipinski definition) is 3. The molecule has 0 aliphatic carbocycles. The molecule has 0 saturated carbocycles. The molecular weight excluding hydrogens is 200 g/mol. The molecule has 0 atom stereocenters. The summed E-state index contributed by atoms with van der Waals surface area (Å²) in [5.74, 6) is 0.0269. The molecule has 0 fully saturated rings. The van der Waals surface area contributed by atoms with Gasteiger partial charge in [-0.2, -0.15) is 0 Å². The van der Waals surface area contributed by atoms with Crippen LogP contribution in [0.15, 0.2) is 6.07 Å². The van der Waals surface area contributed by atoms with E-state index in [1.165, 1.54) is 0 Å². The van der Waals surface area contributed by atoms with Gasteiger partial charge < -0.3 is 11.5 Å². The molecule has 0 unspecified atom stereocenters. The molecule has 1 aromatic rings. The van der Waals surface area contributed by atoms with Gasteiger partial charge in [0.25, 0.3) is 6.43 Å². The van der Waals surface area contributed by atoms with Crippen LogP contribution in [0.1, 0.15) is 17.7 Å². The number of alkyl halides is 3.